The highest BCUT2D eigenvalue weighted by molar-refractivity contribution is 6.22. The van der Waals surface area contributed by atoms with Crippen LogP contribution in [0.5, 0.6) is 0 Å². The summed E-state index contributed by atoms with van der Waals surface area (Å²) in [4.78, 5) is 2.43. The molecule has 2 heteroatoms. The Morgan fingerprint density at radius 3 is 2.04 bits per heavy atom. The number of nitrogens with zero attached hydrogens (tertiary/aromatic N) is 1. The number of furan rings is 1. The van der Waals surface area contributed by atoms with E-state index in [4.69, 9.17) is 4.42 Å². The van der Waals surface area contributed by atoms with E-state index in [0.717, 1.165) is 50.1 Å². The molecule has 0 bridgehead atoms. The van der Waals surface area contributed by atoms with E-state index in [2.05, 4.69) is 183 Å². The first-order valence-electron chi connectivity index (χ1n) is 17.0. The molecule has 0 saturated carbocycles. The average molecular weight is 628 g/mol. The van der Waals surface area contributed by atoms with Crippen LogP contribution in [0.1, 0.15) is 25.0 Å². The first-order chi connectivity index (χ1) is 24.1. The summed E-state index contributed by atoms with van der Waals surface area (Å²) in [6.45, 7) is 4.70. The van der Waals surface area contributed by atoms with Crippen LogP contribution in [0.15, 0.2) is 168 Å². The van der Waals surface area contributed by atoms with Gasteiger partial charge in [0, 0.05) is 33.1 Å². The van der Waals surface area contributed by atoms with Gasteiger partial charge in [0.05, 0.1) is 5.69 Å². The van der Waals surface area contributed by atoms with Crippen molar-refractivity contribution in [2.45, 2.75) is 19.3 Å². The van der Waals surface area contributed by atoms with Crippen molar-refractivity contribution in [3.63, 3.8) is 0 Å². The van der Waals surface area contributed by atoms with E-state index < -0.39 is 0 Å². The van der Waals surface area contributed by atoms with Gasteiger partial charge in [-0.3, -0.25) is 0 Å². The monoisotopic (exact) mass is 627 g/mol. The minimum absolute atomic E-state index is 0.122. The molecule has 1 aliphatic carbocycles. The van der Waals surface area contributed by atoms with Gasteiger partial charge in [0.25, 0.3) is 0 Å². The lowest BCUT2D eigenvalue weighted by atomic mass is 9.82. The molecule has 0 aliphatic heterocycles. The minimum atomic E-state index is -0.122. The van der Waals surface area contributed by atoms with Gasteiger partial charge in [0.1, 0.15) is 11.2 Å². The lowest BCUT2D eigenvalue weighted by molar-refractivity contribution is 0.660. The summed E-state index contributed by atoms with van der Waals surface area (Å²) >= 11 is 0. The van der Waals surface area contributed by atoms with Crippen molar-refractivity contribution >= 4 is 60.5 Å². The predicted octanol–water partition coefficient (Wildman–Crippen LogP) is 13.3. The number of rotatable bonds is 4. The lowest BCUT2D eigenvalue weighted by Gasteiger charge is -2.30. The molecule has 49 heavy (non-hydrogen) atoms. The van der Waals surface area contributed by atoms with Gasteiger partial charge >= 0.3 is 0 Å². The Morgan fingerprint density at radius 2 is 1.16 bits per heavy atom. The van der Waals surface area contributed by atoms with E-state index in [1.165, 1.54) is 43.8 Å². The first-order valence-corrected chi connectivity index (χ1v) is 17.0. The van der Waals surface area contributed by atoms with Crippen LogP contribution < -0.4 is 4.90 Å². The van der Waals surface area contributed by atoms with Crippen molar-refractivity contribution in [3.05, 3.63) is 175 Å². The van der Waals surface area contributed by atoms with E-state index in [9.17, 15) is 0 Å². The summed E-state index contributed by atoms with van der Waals surface area (Å²) in [5.74, 6) is 0. The van der Waals surface area contributed by atoms with Crippen LogP contribution in [0.2, 0.25) is 0 Å². The number of anilines is 3. The molecule has 0 spiro atoms. The van der Waals surface area contributed by atoms with E-state index in [0.29, 0.717) is 0 Å². The van der Waals surface area contributed by atoms with Crippen LogP contribution in [0.25, 0.3) is 65.7 Å². The Kier molecular flexibility index (Phi) is 5.95. The second-order valence-electron chi connectivity index (χ2n) is 13.7. The van der Waals surface area contributed by atoms with Crippen LogP contribution >= 0.6 is 0 Å². The van der Waals surface area contributed by atoms with Crippen molar-refractivity contribution < 1.29 is 4.42 Å². The molecule has 9 aromatic rings. The standard InChI is InChI=1S/C47H33NO/c1-47(2)40-19-11-10-18-37(40)38-24-23-35(29-41(38)47)48(34-22-20-30-12-6-7-16-33(30)28-34)42-26-25-39-45-36-17-9-8-13-31(36)21-27-43(45)49-46(39)44(42)32-14-4-3-5-15-32/h3-29H,1-2H3. The molecule has 1 aromatic heterocycles. The van der Waals surface area contributed by atoms with Crippen LogP contribution in [-0.2, 0) is 5.41 Å². The Hall–Kier alpha value is -6.12. The van der Waals surface area contributed by atoms with Gasteiger partial charge in [-0.1, -0.05) is 135 Å². The third-order valence-corrected chi connectivity index (χ3v) is 10.6. The van der Waals surface area contributed by atoms with Gasteiger partial charge in [0.2, 0.25) is 0 Å². The lowest BCUT2D eigenvalue weighted by Crippen LogP contribution is -2.17. The third kappa shape index (κ3) is 4.14. The van der Waals surface area contributed by atoms with Gasteiger partial charge < -0.3 is 9.32 Å². The zero-order chi connectivity index (χ0) is 32.7. The minimum Gasteiger partial charge on any atom is -0.455 e. The molecular weight excluding hydrogens is 595 g/mol. The number of hydrogen-bond donors (Lipinski definition) is 0. The molecule has 0 N–H and O–H groups in total. The van der Waals surface area contributed by atoms with Crippen LogP contribution in [0, 0.1) is 0 Å². The number of hydrogen-bond acceptors (Lipinski definition) is 2. The second kappa shape index (κ2) is 10.4. The number of benzene rings is 8. The fourth-order valence-electron chi connectivity index (χ4n) is 8.24. The molecule has 0 unspecified atom stereocenters. The first kappa shape index (κ1) is 27.9. The molecular formula is C47H33NO. The van der Waals surface area contributed by atoms with Crippen molar-refractivity contribution in [1.82, 2.24) is 0 Å². The zero-order valence-corrected chi connectivity index (χ0v) is 27.4. The summed E-state index contributed by atoms with van der Waals surface area (Å²) < 4.78 is 6.90. The highest BCUT2D eigenvalue weighted by Gasteiger charge is 2.36. The maximum atomic E-state index is 6.90. The Morgan fingerprint density at radius 1 is 0.490 bits per heavy atom. The fourth-order valence-corrected chi connectivity index (χ4v) is 8.24. The van der Waals surface area contributed by atoms with E-state index in [1.807, 2.05) is 0 Å². The van der Waals surface area contributed by atoms with Crippen LogP contribution in [0.3, 0.4) is 0 Å². The molecule has 8 aromatic carbocycles. The van der Waals surface area contributed by atoms with Crippen molar-refractivity contribution in [3.8, 4) is 22.3 Å². The Labute approximate surface area is 285 Å². The van der Waals surface area contributed by atoms with E-state index in [1.54, 1.807) is 0 Å². The van der Waals surface area contributed by atoms with E-state index in [-0.39, 0.29) is 5.41 Å². The smallest absolute Gasteiger partial charge is 0.145 e. The van der Waals surface area contributed by atoms with Gasteiger partial charge in [-0.25, -0.2) is 0 Å². The summed E-state index contributed by atoms with van der Waals surface area (Å²) in [7, 11) is 0. The molecule has 0 atom stereocenters. The molecule has 0 radical (unpaired) electrons. The SMILES string of the molecule is CC1(C)c2ccccc2-c2ccc(N(c3ccc4ccccc4c3)c3ccc4c(oc5ccc6ccccc6c54)c3-c3ccccc3)cc21. The molecule has 0 amide bonds. The summed E-state index contributed by atoms with van der Waals surface area (Å²) in [6.07, 6.45) is 0. The topological polar surface area (TPSA) is 16.4 Å². The largest absolute Gasteiger partial charge is 0.455 e. The molecule has 0 saturated heterocycles. The van der Waals surface area contributed by atoms with Crippen molar-refractivity contribution in [2.75, 3.05) is 4.90 Å². The maximum absolute atomic E-state index is 6.90. The molecule has 232 valence electrons. The molecule has 10 rings (SSSR count). The average Bonchev–Trinajstić information content (AvgIpc) is 3.64. The van der Waals surface area contributed by atoms with Gasteiger partial charge in [0.15, 0.2) is 0 Å². The molecule has 0 fully saturated rings. The fraction of sp³-hybridized carbons (Fsp3) is 0.0638. The summed E-state index contributed by atoms with van der Waals surface area (Å²) in [6, 6.07) is 59.4. The van der Waals surface area contributed by atoms with Gasteiger partial charge in [-0.05, 0) is 91.8 Å². The third-order valence-electron chi connectivity index (χ3n) is 10.6. The Balaban J connectivity index is 1.29. The van der Waals surface area contributed by atoms with Gasteiger partial charge in [-0.2, -0.15) is 0 Å². The summed E-state index contributed by atoms with van der Waals surface area (Å²) in [5.41, 5.74) is 12.5. The highest BCUT2D eigenvalue weighted by atomic mass is 16.3. The Bertz CT molecular complexity index is 2750. The second-order valence-corrected chi connectivity index (χ2v) is 13.7. The molecule has 1 heterocycles. The highest BCUT2D eigenvalue weighted by Crippen LogP contribution is 2.52. The van der Waals surface area contributed by atoms with Gasteiger partial charge in [-0.15, -0.1) is 0 Å². The number of fused-ring (bicyclic) bond motifs is 9. The van der Waals surface area contributed by atoms with Crippen LogP contribution in [0.4, 0.5) is 17.1 Å². The normalized spacial score (nSPS) is 13.3. The van der Waals surface area contributed by atoms with Crippen LogP contribution in [-0.4, -0.2) is 0 Å². The molecule has 2 nitrogen and oxygen atoms in total. The molecule has 1 aliphatic rings. The maximum Gasteiger partial charge on any atom is 0.145 e. The van der Waals surface area contributed by atoms with Crippen molar-refractivity contribution in [1.29, 1.82) is 0 Å². The van der Waals surface area contributed by atoms with Crippen molar-refractivity contribution in [2.24, 2.45) is 0 Å². The predicted molar refractivity (Wildman–Crippen MR) is 206 cm³/mol. The quantitative estimate of drug-likeness (QED) is 0.193. The zero-order valence-electron chi connectivity index (χ0n) is 27.4. The summed E-state index contributed by atoms with van der Waals surface area (Å²) in [5, 5.41) is 7.13. The van der Waals surface area contributed by atoms with E-state index >= 15 is 0 Å².